The number of carbonyl (C=O) groups excluding carboxylic acids is 2. The summed E-state index contributed by atoms with van der Waals surface area (Å²) in [4.78, 5) is 24.4. The second kappa shape index (κ2) is 7.61. The molecular weight excluding hydrogens is 349 g/mol. The number of ether oxygens (including phenoxy) is 1. The highest BCUT2D eigenvalue weighted by Crippen LogP contribution is 2.27. The standard InChI is InChI=1S/C21H20FNO4/c1-12-4-9-18-15(11-26-20(18)13(12)2)10-19(24)27-14(3)21(25)23-17-7-5-16(22)6-8-17/h4-9,11,14H,10H2,1-3H3,(H,23,25)/t14-/m0/s1. The number of carbonyl (C=O) groups is 2. The Balaban J connectivity index is 1.62. The lowest BCUT2D eigenvalue weighted by Crippen LogP contribution is -2.30. The molecule has 140 valence electrons. The Kier molecular flexibility index (Phi) is 5.26. The van der Waals surface area contributed by atoms with E-state index in [1.165, 1.54) is 31.2 Å². The van der Waals surface area contributed by atoms with Crippen LogP contribution in [-0.2, 0) is 20.7 Å². The maximum Gasteiger partial charge on any atom is 0.311 e. The van der Waals surface area contributed by atoms with Crippen molar-refractivity contribution in [2.24, 2.45) is 0 Å². The number of aryl methyl sites for hydroxylation is 2. The molecule has 0 unspecified atom stereocenters. The molecule has 0 saturated carbocycles. The topological polar surface area (TPSA) is 68.5 Å². The van der Waals surface area contributed by atoms with Gasteiger partial charge in [-0.2, -0.15) is 0 Å². The van der Waals surface area contributed by atoms with Gasteiger partial charge < -0.3 is 14.5 Å². The number of hydrogen-bond donors (Lipinski definition) is 1. The van der Waals surface area contributed by atoms with Crippen molar-refractivity contribution in [2.75, 3.05) is 5.32 Å². The minimum atomic E-state index is -0.982. The number of halogens is 1. The van der Waals surface area contributed by atoms with Gasteiger partial charge in [0.1, 0.15) is 11.4 Å². The van der Waals surface area contributed by atoms with Gasteiger partial charge in [0.2, 0.25) is 0 Å². The van der Waals surface area contributed by atoms with E-state index in [1.807, 2.05) is 26.0 Å². The molecule has 1 N–H and O–H groups in total. The first-order chi connectivity index (χ1) is 12.8. The quantitative estimate of drug-likeness (QED) is 0.681. The summed E-state index contributed by atoms with van der Waals surface area (Å²) in [7, 11) is 0. The van der Waals surface area contributed by atoms with Crippen molar-refractivity contribution < 1.29 is 23.1 Å². The van der Waals surface area contributed by atoms with Crippen molar-refractivity contribution in [3.63, 3.8) is 0 Å². The van der Waals surface area contributed by atoms with Gasteiger partial charge in [-0.25, -0.2) is 4.39 Å². The normalized spacial score (nSPS) is 12.0. The molecule has 0 bridgehead atoms. The number of esters is 1. The Labute approximate surface area is 156 Å². The van der Waals surface area contributed by atoms with Gasteiger partial charge in [0.05, 0.1) is 12.7 Å². The lowest BCUT2D eigenvalue weighted by Gasteiger charge is -2.13. The molecule has 3 aromatic rings. The minimum absolute atomic E-state index is 0.00364. The van der Waals surface area contributed by atoms with Crippen LogP contribution in [0.5, 0.6) is 0 Å². The van der Waals surface area contributed by atoms with Crippen molar-refractivity contribution in [1.82, 2.24) is 0 Å². The Morgan fingerprint density at radius 1 is 1.15 bits per heavy atom. The van der Waals surface area contributed by atoms with E-state index >= 15 is 0 Å². The molecule has 0 fully saturated rings. The average Bonchev–Trinajstić information content (AvgIpc) is 3.03. The molecule has 1 atom stereocenters. The van der Waals surface area contributed by atoms with Crippen LogP contribution in [0.25, 0.3) is 11.0 Å². The fraction of sp³-hybridized carbons (Fsp3) is 0.238. The Morgan fingerprint density at radius 3 is 2.56 bits per heavy atom. The third-order valence-electron chi connectivity index (χ3n) is 4.47. The van der Waals surface area contributed by atoms with Crippen LogP contribution >= 0.6 is 0 Å². The molecule has 0 aliphatic rings. The molecule has 0 aliphatic carbocycles. The third kappa shape index (κ3) is 4.16. The van der Waals surface area contributed by atoms with E-state index in [2.05, 4.69) is 5.32 Å². The molecule has 0 aliphatic heterocycles. The first-order valence-corrected chi connectivity index (χ1v) is 8.57. The van der Waals surface area contributed by atoms with Crippen molar-refractivity contribution in [1.29, 1.82) is 0 Å². The van der Waals surface area contributed by atoms with Crippen LogP contribution < -0.4 is 5.32 Å². The second-order valence-electron chi connectivity index (χ2n) is 6.45. The highest BCUT2D eigenvalue weighted by molar-refractivity contribution is 5.95. The first kappa shape index (κ1) is 18.6. The largest absolute Gasteiger partial charge is 0.464 e. The van der Waals surface area contributed by atoms with Crippen LogP contribution in [0, 0.1) is 19.7 Å². The summed E-state index contributed by atoms with van der Waals surface area (Å²) in [5.74, 6) is -1.42. The smallest absolute Gasteiger partial charge is 0.311 e. The molecule has 0 spiro atoms. The first-order valence-electron chi connectivity index (χ1n) is 8.57. The highest BCUT2D eigenvalue weighted by Gasteiger charge is 2.20. The maximum atomic E-state index is 12.9. The zero-order valence-electron chi connectivity index (χ0n) is 15.3. The van der Waals surface area contributed by atoms with Crippen molar-refractivity contribution >= 4 is 28.5 Å². The zero-order chi connectivity index (χ0) is 19.6. The van der Waals surface area contributed by atoms with E-state index in [9.17, 15) is 14.0 Å². The van der Waals surface area contributed by atoms with Crippen LogP contribution in [0.3, 0.4) is 0 Å². The van der Waals surface area contributed by atoms with Crippen LogP contribution in [0.1, 0.15) is 23.6 Å². The SMILES string of the molecule is Cc1ccc2c(CC(=O)O[C@@H](C)C(=O)Nc3ccc(F)cc3)coc2c1C. The lowest BCUT2D eigenvalue weighted by atomic mass is 10.0. The molecular formula is C21H20FNO4. The van der Waals surface area contributed by atoms with Crippen LogP contribution in [0.4, 0.5) is 10.1 Å². The molecule has 5 nitrogen and oxygen atoms in total. The van der Waals surface area contributed by atoms with Crippen LogP contribution in [0.2, 0.25) is 0 Å². The lowest BCUT2D eigenvalue weighted by molar-refractivity contribution is -0.152. The molecule has 1 aromatic heterocycles. The molecule has 0 radical (unpaired) electrons. The molecule has 6 heteroatoms. The predicted octanol–water partition coefficient (Wildman–Crippen LogP) is 4.30. The van der Waals surface area contributed by atoms with E-state index in [4.69, 9.17) is 9.15 Å². The van der Waals surface area contributed by atoms with Gasteiger partial charge >= 0.3 is 5.97 Å². The summed E-state index contributed by atoms with van der Waals surface area (Å²) in [6.07, 6.45) is 0.565. The third-order valence-corrected chi connectivity index (χ3v) is 4.47. The minimum Gasteiger partial charge on any atom is -0.464 e. The molecule has 0 saturated heterocycles. The number of furan rings is 1. The number of fused-ring (bicyclic) bond motifs is 1. The average molecular weight is 369 g/mol. The van der Waals surface area contributed by atoms with Crippen molar-refractivity contribution in [2.45, 2.75) is 33.3 Å². The summed E-state index contributed by atoms with van der Waals surface area (Å²) >= 11 is 0. The molecule has 1 amide bonds. The van der Waals surface area contributed by atoms with E-state index < -0.39 is 23.8 Å². The molecule has 27 heavy (non-hydrogen) atoms. The highest BCUT2D eigenvalue weighted by atomic mass is 19.1. The number of hydrogen-bond acceptors (Lipinski definition) is 4. The Hall–Kier alpha value is -3.15. The van der Waals surface area contributed by atoms with Gasteiger partial charge in [-0.15, -0.1) is 0 Å². The molecule has 3 rings (SSSR count). The number of nitrogens with one attached hydrogen (secondary N) is 1. The van der Waals surface area contributed by atoms with Crippen LogP contribution in [-0.4, -0.2) is 18.0 Å². The van der Waals surface area contributed by atoms with Crippen molar-refractivity contribution in [3.8, 4) is 0 Å². The molecule has 2 aromatic carbocycles. The maximum absolute atomic E-state index is 12.9. The van der Waals surface area contributed by atoms with E-state index in [0.29, 0.717) is 11.3 Å². The monoisotopic (exact) mass is 369 g/mol. The van der Waals surface area contributed by atoms with E-state index in [0.717, 1.165) is 22.1 Å². The van der Waals surface area contributed by atoms with Gasteiger partial charge in [-0.05, 0) is 56.2 Å². The van der Waals surface area contributed by atoms with Crippen molar-refractivity contribution in [3.05, 3.63) is 65.2 Å². The molecule has 1 heterocycles. The summed E-state index contributed by atoms with van der Waals surface area (Å²) in [5, 5.41) is 3.43. The number of anilines is 1. The van der Waals surface area contributed by atoms with Crippen LogP contribution in [0.15, 0.2) is 47.1 Å². The van der Waals surface area contributed by atoms with E-state index in [-0.39, 0.29) is 6.42 Å². The number of amides is 1. The number of rotatable bonds is 5. The second-order valence-corrected chi connectivity index (χ2v) is 6.45. The Morgan fingerprint density at radius 2 is 1.85 bits per heavy atom. The van der Waals surface area contributed by atoms with Gasteiger partial charge in [0.15, 0.2) is 6.10 Å². The van der Waals surface area contributed by atoms with Gasteiger partial charge in [-0.1, -0.05) is 12.1 Å². The fourth-order valence-corrected chi connectivity index (χ4v) is 2.75. The van der Waals surface area contributed by atoms with E-state index in [1.54, 1.807) is 6.26 Å². The summed E-state index contributed by atoms with van der Waals surface area (Å²) in [5.41, 5.74) is 4.02. The predicted molar refractivity (Wildman–Crippen MR) is 100.0 cm³/mol. The summed E-state index contributed by atoms with van der Waals surface area (Å²) in [6, 6.07) is 9.22. The van der Waals surface area contributed by atoms with Gasteiger partial charge in [0, 0.05) is 16.6 Å². The summed E-state index contributed by atoms with van der Waals surface area (Å²) < 4.78 is 23.7. The van der Waals surface area contributed by atoms with Gasteiger partial charge in [0.25, 0.3) is 5.91 Å². The fourth-order valence-electron chi connectivity index (χ4n) is 2.75. The Bertz CT molecular complexity index is 991. The summed E-state index contributed by atoms with van der Waals surface area (Å²) in [6.45, 7) is 5.44. The van der Waals surface area contributed by atoms with Gasteiger partial charge in [-0.3, -0.25) is 9.59 Å². The number of benzene rings is 2. The zero-order valence-corrected chi connectivity index (χ0v) is 15.3.